The number of aliphatic imine (C=N–C) groups is 1. The first-order chi connectivity index (χ1) is 12.4. The van der Waals surface area contributed by atoms with Crippen LogP contribution < -0.4 is 22.1 Å². The number of benzene rings is 1. The minimum Gasteiger partial charge on any atom is -0.398 e. The molecule has 1 aromatic heterocycles. The van der Waals surface area contributed by atoms with Crippen molar-refractivity contribution < 1.29 is 4.79 Å². The van der Waals surface area contributed by atoms with Crippen molar-refractivity contribution >= 4 is 35.0 Å². The van der Waals surface area contributed by atoms with Crippen LogP contribution in [0.15, 0.2) is 47.6 Å². The second kappa shape index (κ2) is 9.05. The average molecular weight is 375 g/mol. The fraction of sp³-hybridized carbons (Fsp3) is 0.278. The molecule has 0 saturated heterocycles. The predicted octanol–water partition coefficient (Wildman–Crippen LogP) is 2.88. The first kappa shape index (κ1) is 19.5. The molecule has 1 aromatic carbocycles. The molecule has 0 fully saturated rings. The number of amides is 2. The van der Waals surface area contributed by atoms with E-state index < -0.39 is 0 Å². The van der Waals surface area contributed by atoms with Crippen LogP contribution in [0.5, 0.6) is 0 Å². The monoisotopic (exact) mass is 374 g/mol. The van der Waals surface area contributed by atoms with Crippen LogP contribution in [-0.4, -0.2) is 28.8 Å². The number of rotatable bonds is 6. The molecule has 0 spiro atoms. The Kier molecular flexibility index (Phi) is 6.80. The Labute approximate surface area is 157 Å². The maximum Gasteiger partial charge on any atom is 0.320 e. The highest BCUT2D eigenvalue weighted by Gasteiger charge is 2.12. The smallest absolute Gasteiger partial charge is 0.320 e. The highest BCUT2D eigenvalue weighted by molar-refractivity contribution is 6.18. The normalized spacial score (nSPS) is 13.7. The van der Waals surface area contributed by atoms with Crippen molar-refractivity contribution in [2.45, 2.75) is 25.9 Å². The van der Waals surface area contributed by atoms with E-state index >= 15 is 0 Å². The van der Waals surface area contributed by atoms with Crippen LogP contribution in [0.25, 0.3) is 0 Å². The topological polar surface area (TPSA) is 118 Å². The lowest BCUT2D eigenvalue weighted by Crippen LogP contribution is -2.31. The number of hydrogen-bond acceptors (Lipinski definition) is 4. The summed E-state index contributed by atoms with van der Waals surface area (Å²) >= 11 is 5.73. The lowest BCUT2D eigenvalue weighted by molar-refractivity contribution is 0.249. The summed E-state index contributed by atoms with van der Waals surface area (Å²) in [5, 5.41) is 5.50. The largest absolute Gasteiger partial charge is 0.398 e. The number of carbonyl (C=O) groups is 1. The Morgan fingerprint density at radius 3 is 2.62 bits per heavy atom. The number of carbonyl (C=O) groups excluding carboxylic acids is 1. The molecule has 8 heteroatoms. The number of nitrogens with one attached hydrogen (secondary N) is 2. The zero-order chi connectivity index (χ0) is 19.1. The van der Waals surface area contributed by atoms with E-state index in [1.54, 1.807) is 0 Å². The SMILES string of the molecule is CC(CCl)N=C(N)c1cnc(NC(=O)N[C@H](C)c2ccccc2)cc1N. The molecule has 138 valence electrons. The zero-order valence-electron chi connectivity index (χ0n) is 14.7. The van der Waals surface area contributed by atoms with E-state index in [2.05, 4.69) is 20.6 Å². The van der Waals surface area contributed by atoms with E-state index in [9.17, 15) is 4.79 Å². The average Bonchev–Trinajstić information content (AvgIpc) is 2.62. The van der Waals surface area contributed by atoms with Crippen LogP contribution in [0, 0.1) is 0 Å². The van der Waals surface area contributed by atoms with E-state index in [0.29, 0.717) is 22.9 Å². The quantitative estimate of drug-likeness (QED) is 0.353. The number of alkyl halides is 1. The molecule has 2 amide bonds. The van der Waals surface area contributed by atoms with Crippen molar-refractivity contribution in [3.8, 4) is 0 Å². The van der Waals surface area contributed by atoms with Gasteiger partial charge in [0.15, 0.2) is 0 Å². The molecule has 1 unspecified atom stereocenters. The molecule has 0 aliphatic heterocycles. The van der Waals surface area contributed by atoms with E-state index in [1.165, 1.54) is 12.3 Å². The first-order valence-corrected chi connectivity index (χ1v) is 8.71. The summed E-state index contributed by atoms with van der Waals surface area (Å²) in [5.41, 5.74) is 13.8. The number of amidine groups is 1. The summed E-state index contributed by atoms with van der Waals surface area (Å²) in [4.78, 5) is 20.5. The summed E-state index contributed by atoms with van der Waals surface area (Å²) in [6.45, 7) is 3.74. The molecule has 7 nitrogen and oxygen atoms in total. The molecule has 0 radical (unpaired) electrons. The van der Waals surface area contributed by atoms with Gasteiger partial charge in [0.05, 0.1) is 17.6 Å². The molecule has 2 aromatic rings. The van der Waals surface area contributed by atoms with Gasteiger partial charge in [-0.15, -0.1) is 11.6 Å². The molecular weight excluding hydrogens is 352 g/mol. The van der Waals surface area contributed by atoms with Crippen molar-refractivity contribution in [1.82, 2.24) is 10.3 Å². The summed E-state index contributed by atoms with van der Waals surface area (Å²) in [6.07, 6.45) is 1.48. The number of nitrogens with zero attached hydrogens (tertiary/aromatic N) is 2. The number of nitrogens with two attached hydrogens (primary N) is 2. The van der Waals surface area contributed by atoms with Gasteiger partial charge in [0.25, 0.3) is 0 Å². The van der Waals surface area contributed by atoms with Gasteiger partial charge in [0.1, 0.15) is 11.7 Å². The number of urea groups is 1. The lowest BCUT2D eigenvalue weighted by atomic mass is 10.1. The molecule has 2 rings (SSSR count). The van der Waals surface area contributed by atoms with Gasteiger partial charge in [-0.05, 0) is 19.4 Å². The van der Waals surface area contributed by atoms with Crippen LogP contribution in [0.4, 0.5) is 16.3 Å². The van der Waals surface area contributed by atoms with Gasteiger partial charge in [-0.1, -0.05) is 30.3 Å². The van der Waals surface area contributed by atoms with Gasteiger partial charge in [-0.25, -0.2) is 9.78 Å². The Morgan fingerprint density at radius 2 is 2.00 bits per heavy atom. The molecule has 0 aliphatic rings. The number of pyridine rings is 1. The Morgan fingerprint density at radius 1 is 1.31 bits per heavy atom. The molecule has 0 aliphatic carbocycles. The maximum atomic E-state index is 12.1. The van der Waals surface area contributed by atoms with E-state index in [1.807, 2.05) is 44.2 Å². The van der Waals surface area contributed by atoms with Gasteiger partial charge < -0.3 is 16.8 Å². The standard InChI is InChI=1S/C18H23ClN6O/c1-11(9-19)23-17(21)14-10-22-16(8-15(14)20)25-18(26)24-12(2)13-6-4-3-5-7-13/h3-8,10-12H,9H2,1-2H3,(H2,21,23)(H4,20,22,24,25,26)/t11?,12-/m1/s1. The molecule has 2 atom stereocenters. The molecule has 26 heavy (non-hydrogen) atoms. The summed E-state index contributed by atoms with van der Waals surface area (Å²) in [7, 11) is 0. The van der Waals surface area contributed by atoms with Gasteiger partial charge in [-0.2, -0.15) is 0 Å². The van der Waals surface area contributed by atoms with E-state index in [-0.39, 0.29) is 24.0 Å². The summed E-state index contributed by atoms with van der Waals surface area (Å²) in [6, 6.07) is 10.5. The highest BCUT2D eigenvalue weighted by atomic mass is 35.5. The van der Waals surface area contributed by atoms with Crippen LogP contribution in [0.3, 0.4) is 0 Å². The third kappa shape index (κ3) is 5.35. The molecule has 0 saturated carbocycles. The van der Waals surface area contributed by atoms with Gasteiger partial charge in [-0.3, -0.25) is 10.3 Å². The minimum absolute atomic E-state index is 0.126. The fourth-order valence-corrected chi connectivity index (χ4v) is 2.34. The number of halogens is 1. The molecule has 1 heterocycles. The first-order valence-electron chi connectivity index (χ1n) is 8.18. The van der Waals surface area contributed by atoms with Crippen molar-refractivity contribution in [3.63, 3.8) is 0 Å². The number of aromatic nitrogens is 1. The third-order valence-corrected chi connectivity index (χ3v) is 4.13. The Balaban J connectivity index is 2.03. The predicted molar refractivity (Wildman–Crippen MR) is 107 cm³/mol. The molecular formula is C18H23ClN6O. The third-order valence-electron chi connectivity index (χ3n) is 3.68. The summed E-state index contributed by atoms with van der Waals surface area (Å²) in [5.74, 6) is 0.937. The Hall–Kier alpha value is -2.80. The summed E-state index contributed by atoms with van der Waals surface area (Å²) < 4.78 is 0. The van der Waals surface area contributed by atoms with Crippen LogP contribution in [0.1, 0.15) is 31.0 Å². The van der Waals surface area contributed by atoms with Gasteiger partial charge in [0, 0.05) is 23.8 Å². The van der Waals surface area contributed by atoms with Gasteiger partial charge in [0.2, 0.25) is 0 Å². The second-order valence-corrected chi connectivity index (χ2v) is 6.21. The second-order valence-electron chi connectivity index (χ2n) is 5.91. The number of nitrogen functional groups attached to an aromatic ring is 1. The Bertz CT molecular complexity index is 781. The van der Waals surface area contributed by atoms with Gasteiger partial charge >= 0.3 is 6.03 Å². The fourth-order valence-electron chi connectivity index (χ4n) is 2.27. The maximum absolute atomic E-state index is 12.1. The minimum atomic E-state index is -0.376. The van der Waals surface area contributed by atoms with Crippen LogP contribution >= 0.6 is 11.6 Å². The van der Waals surface area contributed by atoms with Crippen molar-refractivity contribution in [3.05, 3.63) is 53.7 Å². The van der Waals surface area contributed by atoms with Crippen LogP contribution in [-0.2, 0) is 0 Å². The van der Waals surface area contributed by atoms with E-state index in [0.717, 1.165) is 5.56 Å². The number of anilines is 2. The molecule has 0 bridgehead atoms. The van der Waals surface area contributed by atoms with Crippen molar-refractivity contribution in [1.29, 1.82) is 0 Å². The van der Waals surface area contributed by atoms with E-state index in [4.69, 9.17) is 23.1 Å². The number of hydrogen-bond donors (Lipinski definition) is 4. The lowest BCUT2D eigenvalue weighted by Gasteiger charge is -2.15. The molecule has 6 N–H and O–H groups in total. The van der Waals surface area contributed by atoms with Crippen molar-refractivity contribution in [2.24, 2.45) is 10.7 Å². The van der Waals surface area contributed by atoms with Crippen molar-refractivity contribution in [2.75, 3.05) is 16.9 Å². The van der Waals surface area contributed by atoms with Crippen LogP contribution in [0.2, 0.25) is 0 Å². The highest BCUT2D eigenvalue weighted by Crippen LogP contribution is 2.16. The zero-order valence-corrected chi connectivity index (χ0v) is 15.5.